The van der Waals surface area contributed by atoms with Crippen molar-refractivity contribution in [2.75, 3.05) is 0 Å². The average molecular weight is 269 g/mol. The molecule has 1 aromatic rings. The molecule has 0 bridgehead atoms. The van der Waals surface area contributed by atoms with Crippen LogP contribution in [0.3, 0.4) is 0 Å². The van der Waals surface area contributed by atoms with Crippen LogP contribution in [0, 0.1) is 5.92 Å². The zero-order valence-electron chi connectivity index (χ0n) is 8.53. The smallest absolute Gasteiger partial charge is 0.271 e. The van der Waals surface area contributed by atoms with Crippen molar-refractivity contribution in [2.45, 2.75) is 25.8 Å². The van der Waals surface area contributed by atoms with Crippen molar-refractivity contribution in [3.63, 3.8) is 0 Å². The minimum absolute atomic E-state index is 0.0955. The third-order valence-electron chi connectivity index (χ3n) is 2.66. The van der Waals surface area contributed by atoms with Gasteiger partial charge >= 0.3 is 0 Å². The Labute approximate surface area is 97.4 Å². The van der Waals surface area contributed by atoms with Crippen LogP contribution in [-0.4, -0.2) is 16.9 Å². The van der Waals surface area contributed by atoms with Gasteiger partial charge in [-0.3, -0.25) is 4.79 Å². The molecule has 1 saturated carbocycles. The number of aromatic nitrogens is 1. The molecular weight excluding hydrogens is 256 g/mol. The Morgan fingerprint density at radius 1 is 1.67 bits per heavy atom. The predicted molar refractivity (Wildman–Crippen MR) is 61.6 cm³/mol. The summed E-state index contributed by atoms with van der Waals surface area (Å²) in [6.45, 7) is 2.05. The van der Waals surface area contributed by atoms with E-state index < -0.39 is 0 Å². The molecule has 1 aliphatic carbocycles. The van der Waals surface area contributed by atoms with E-state index in [0.717, 1.165) is 4.47 Å². The second kappa shape index (κ2) is 4.31. The Morgan fingerprint density at radius 2 is 2.40 bits per heavy atom. The van der Waals surface area contributed by atoms with E-state index in [1.165, 1.54) is 12.8 Å². The van der Waals surface area contributed by atoms with Gasteiger partial charge in [-0.2, -0.15) is 0 Å². The standard InChI is InChI=1S/C11H13BrN2O/c1-7(8-4-5-8)14-11(15)10-9(12)3-2-6-13-10/h2-3,6-8H,4-5H2,1H3,(H,14,15). The molecule has 1 aliphatic rings. The van der Waals surface area contributed by atoms with Crippen LogP contribution >= 0.6 is 15.9 Å². The van der Waals surface area contributed by atoms with Gasteiger partial charge in [0.05, 0.1) is 0 Å². The van der Waals surface area contributed by atoms with Gasteiger partial charge in [0.15, 0.2) is 0 Å². The van der Waals surface area contributed by atoms with Crippen molar-refractivity contribution in [1.29, 1.82) is 0 Å². The van der Waals surface area contributed by atoms with Crippen molar-refractivity contribution in [3.8, 4) is 0 Å². The summed E-state index contributed by atoms with van der Waals surface area (Å²) < 4.78 is 0.741. The maximum Gasteiger partial charge on any atom is 0.271 e. The molecule has 1 aromatic heterocycles. The second-order valence-corrected chi connectivity index (χ2v) is 4.79. The number of halogens is 1. The molecule has 0 spiro atoms. The first kappa shape index (κ1) is 10.6. The average Bonchev–Trinajstić information content (AvgIpc) is 3.01. The molecule has 4 heteroatoms. The molecule has 0 radical (unpaired) electrons. The van der Waals surface area contributed by atoms with Crippen molar-refractivity contribution in [2.24, 2.45) is 5.92 Å². The molecule has 1 fully saturated rings. The number of nitrogens with zero attached hydrogens (tertiary/aromatic N) is 1. The van der Waals surface area contributed by atoms with Gasteiger partial charge in [-0.1, -0.05) is 0 Å². The van der Waals surface area contributed by atoms with Crippen LogP contribution in [0.15, 0.2) is 22.8 Å². The minimum Gasteiger partial charge on any atom is -0.348 e. The monoisotopic (exact) mass is 268 g/mol. The van der Waals surface area contributed by atoms with E-state index in [-0.39, 0.29) is 11.9 Å². The van der Waals surface area contributed by atoms with Crippen LogP contribution < -0.4 is 5.32 Å². The lowest BCUT2D eigenvalue weighted by atomic mass is 10.2. The van der Waals surface area contributed by atoms with Gasteiger partial charge in [-0.25, -0.2) is 4.98 Å². The zero-order valence-corrected chi connectivity index (χ0v) is 10.1. The maximum atomic E-state index is 11.8. The molecule has 0 saturated heterocycles. The molecular formula is C11H13BrN2O. The molecule has 3 nitrogen and oxygen atoms in total. The zero-order chi connectivity index (χ0) is 10.8. The summed E-state index contributed by atoms with van der Waals surface area (Å²) in [6, 6.07) is 3.88. The largest absolute Gasteiger partial charge is 0.348 e. The first-order valence-corrected chi connectivity index (χ1v) is 5.89. The van der Waals surface area contributed by atoms with Gasteiger partial charge in [-0.15, -0.1) is 0 Å². The molecule has 1 unspecified atom stereocenters. The number of pyridine rings is 1. The highest BCUT2D eigenvalue weighted by molar-refractivity contribution is 9.10. The Balaban J connectivity index is 2.04. The maximum absolute atomic E-state index is 11.8. The van der Waals surface area contributed by atoms with Crippen molar-refractivity contribution in [3.05, 3.63) is 28.5 Å². The Hall–Kier alpha value is -0.900. The van der Waals surface area contributed by atoms with Gasteiger partial charge < -0.3 is 5.32 Å². The third-order valence-corrected chi connectivity index (χ3v) is 3.30. The molecule has 0 aromatic carbocycles. The fourth-order valence-corrected chi connectivity index (χ4v) is 1.98. The van der Waals surface area contributed by atoms with E-state index in [2.05, 4.69) is 26.2 Å². The van der Waals surface area contributed by atoms with Gasteiger partial charge in [-0.05, 0) is 53.7 Å². The van der Waals surface area contributed by atoms with Crippen molar-refractivity contribution < 1.29 is 4.79 Å². The molecule has 15 heavy (non-hydrogen) atoms. The fourth-order valence-electron chi connectivity index (χ4n) is 1.54. The lowest BCUT2D eigenvalue weighted by Crippen LogP contribution is -2.34. The fraction of sp³-hybridized carbons (Fsp3) is 0.455. The number of nitrogens with one attached hydrogen (secondary N) is 1. The molecule has 1 amide bonds. The highest BCUT2D eigenvalue weighted by Crippen LogP contribution is 2.32. The van der Waals surface area contributed by atoms with Gasteiger partial charge in [0, 0.05) is 16.7 Å². The van der Waals surface area contributed by atoms with Crippen LogP contribution in [0.1, 0.15) is 30.3 Å². The third kappa shape index (κ3) is 2.56. The van der Waals surface area contributed by atoms with Crippen molar-refractivity contribution in [1.82, 2.24) is 10.3 Å². The molecule has 1 atom stereocenters. The van der Waals surface area contributed by atoms with E-state index in [4.69, 9.17) is 0 Å². The van der Waals surface area contributed by atoms with E-state index in [1.54, 1.807) is 12.3 Å². The van der Waals surface area contributed by atoms with Gasteiger partial charge in [0.25, 0.3) is 5.91 Å². The Bertz CT molecular complexity index is 377. The van der Waals surface area contributed by atoms with E-state index in [1.807, 2.05) is 13.0 Å². The van der Waals surface area contributed by atoms with Crippen LogP contribution in [0.2, 0.25) is 0 Å². The first-order valence-electron chi connectivity index (χ1n) is 5.10. The number of carbonyl (C=O) groups excluding carboxylic acids is 1. The normalized spacial score (nSPS) is 17.2. The van der Waals surface area contributed by atoms with Crippen LogP contribution in [0.4, 0.5) is 0 Å². The Kier molecular flexibility index (Phi) is 3.05. The number of hydrogen-bond donors (Lipinski definition) is 1. The number of rotatable bonds is 3. The first-order chi connectivity index (χ1) is 7.18. The van der Waals surface area contributed by atoms with Gasteiger partial charge in [0.2, 0.25) is 0 Å². The predicted octanol–water partition coefficient (Wildman–Crippen LogP) is 2.37. The topological polar surface area (TPSA) is 42.0 Å². The summed E-state index contributed by atoms with van der Waals surface area (Å²) in [5, 5.41) is 2.97. The number of hydrogen-bond acceptors (Lipinski definition) is 2. The van der Waals surface area contributed by atoms with Crippen molar-refractivity contribution >= 4 is 21.8 Å². The molecule has 1 heterocycles. The SMILES string of the molecule is CC(NC(=O)c1ncccc1Br)C1CC1. The summed E-state index contributed by atoms with van der Waals surface area (Å²) in [5.41, 5.74) is 0.463. The molecule has 80 valence electrons. The van der Waals surface area contributed by atoms with Crippen LogP contribution in [-0.2, 0) is 0 Å². The Morgan fingerprint density at radius 3 is 3.00 bits per heavy atom. The lowest BCUT2D eigenvalue weighted by molar-refractivity contribution is 0.0930. The van der Waals surface area contributed by atoms with Crippen LogP contribution in [0.5, 0.6) is 0 Å². The summed E-state index contributed by atoms with van der Waals surface area (Å²) in [6.07, 6.45) is 4.08. The summed E-state index contributed by atoms with van der Waals surface area (Å²) >= 11 is 3.32. The molecule has 0 aliphatic heterocycles. The van der Waals surface area contributed by atoms with Gasteiger partial charge in [0.1, 0.15) is 5.69 Å². The minimum atomic E-state index is -0.0955. The molecule has 1 N–H and O–H groups in total. The second-order valence-electron chi connectivity index (χ2n) is 3.93. The number of carbonyl (C=O) groups is 1. The summed E-state index contributed by atoms with van der Waals surface area (Å²) in [7, 11) is 0. The molecule has 2 rings (SSSR count). The van der Waals surface area contributed by atoms with Crippen LogP contribution in [0.25, 0.3) is 0 Å². The lowest BCUT2D eigenvalue weighted by Gasteiger charge is -2.12. The number of amides is 1. The highest BCUT2D eigenvalue weighted by Gasteiger charge is 2.29. The van der Waals surface area contributed by atoms with E-state index in [9.17, 15) is 4.79 Å². The highest BCUT2D eigenvalue weighted by atomic mass is 79.9. The summed E-state index contributed by atoms with van der Waals surface area (Å²) in [5.74, 6) is 0.568. The summed E-state index contributed by atoms with van der Waals surface area (Å²) in [4.78, 5) is 15.9. The quantitative estimate of drug-likeness (QED) is 0.915. The van der Waals surface area contributed by atoms with E-state index in [0.29, 0.717) is 11.6 Å². The van der Waals surface area contributed by atoms with E-state index >= 15 is 0 Å².